The van der Waals surface area contributed by atoms with E-state index in [-0.39, 0.29) is 0 Å². The first-order valence-electron chi connectivity index (χ1n) is 5.85. The fraction of sp³-hybridized carbons (Fsp3) is 0.429. The van der Waals surface area contributed by atoms with Crippen LogP contribution in [0.4, 0.5) is 0 Å². The molecule has 0 aliphatic carbocycles. The van der Waals surface area contributed by atoms with Gasteiger partial charge in [-0.05, 0) is 48.9 Å². The fourth-order valence-corrected chi connectivity index (χ4v) is 1.93. The zero-order valence-electron chi connectivity index (χ0n) is 10.7. The van der Waals surface area contributed by atoms with Crippen LogP contribution in [0.5, 0.6) is 0 Å². The first kappa shape index (κ1) is 14.0. The van der Waals surface area contributed by atoms with Gasteiger partial charge in [0.25, 0.3) is 0 Å². The zero-order valence-corrected chi connectivity index (χ0v) is 10.7. The van der Waals surface area contributed by atoms with Crippen LogP contribution in [0.2, 0.25) is 0 Å². The Hall–Kier alpha value is -2.02. The molecule has 0 spiro atoms. The van der Waals surface area contributed by atoms with Gasteiger partial charge in [-0.25, -0.2) is 19.6 Å². The number of rotatable bonds is 6. The van der Waals surface area contributed by atoms with Crippen LogP contribution < -0.4 is 0 Å². The van der Waals surface area contributed by atoms with Crippen LogP contribution in [0.15, 0.2) is 22.1 Å². The first-order chi connectivity index (χ1) is 8.69. The van der Waals surface area contributed by atoms with Gasteiger partial charge in [-0.1, -0.05) is 12.1 Å². The zero-order chi connectivity index (χ0) is 13.4. The van der Waals surface area contributed by atoms with Crippen LogP contribution in [0.25, 0.3) is 0 Å². The van der Waals surface area contributed by atoms with Gasteiger partial charge in [0, 0.05) is 0 Å². The van der Waals surface area contributed by atoms with Crippen molar-refractivity contribution >= 4 is 12.2 Å². The predicted molar refractivity (Wildman–Crippen MR) is 69.3 cm³/mol. The molecule has 0 aliphatic heterocycles. The minimum atomic E-state index is 0.458. The van der Waals surface area contributed by atoms with Gasteiger partial charge in [-0.3, -0.25) is 0 Å². The molecule has 4 nitrogen and oxygen atoms in total. The van der Waals surface area contributed by atoms with Crippen molar-refractivity contribution in [3.05, 3.63) is 34.4 Å². The maximum absolute atomic E-state index is 10.0. The Morgan fingerprint density at radius 3 is 1.72 bits per heavy atom. The largest absolute Gasteiger partial charge is 0.234 e. The summed E-state index contributed by atoms with van der Waals surface area (Å²) in [4.78, 5) is 27.2. The third-order valence-corrected chi connectivity index (χ3v) is 2.91. The maximum atomic E-state index is 10.0. The van der Waals surface area contributed by atoms with Gasteiger partial charge in [0.2, 0.25) is 12.2 Å². The molecule has 0 fully saturated rings. The smallest absolute Gasteiger partial charge is 0.211 e. The molecular weight excluding hydrogens is 228 g/mol. The summed E-state index contributed by atoms with van der Waals surface area (Å²) in [7, 11) is 0. The SMILES string of the molecule is Cc1cc(C)c(CCN=C=O)cc1CCN=C=O. The van der Waals surface area contributed by atoms with Crippen LogP contribution in [0, 0.1) is 13.8 Å². The molecule has 0 unspecified atom stereocenters. The van der Waals surface area contributed by atoms with Crippen LogP contribution in [0.3, 0.4) is 0 Å². The van der Waals surface area contributed by atoms with E-state index in [9.17, 15) is 9.59 Å². The lowest BCUT2D eigenvalue weighted by Gasteiger charge is -2.10. The molecule has 0 radical (unpaired) electrons. The van der Waals surface area contributed by atoms with Crippen LogP contribution in [0.1, 0.15) is 22.3 Å². The summed E-state index contributed by atoms with van der Waals surface area (Å²) in [6.45, 7) is 5.00. The highest BCUT2D eigenvalue weighted by Crippen LogP contribution is 2.17. The minimum Gasteiger partial charge on any atom is -0.211 e. The molecule has 0 heterocycles. The molecule has 0 bridgehead atoms. The second-order valence-electron chi connectivity index (χ2n) is 4.15. The monoisotopic (exact) mass is 244 g/mol. The summed E-state index contributed by atoms with van der Waals surface area (Å²) in [6.07, 6.45) is 4.54. The number of benzene rings is 1. The topological polar surface area (TPSA) is 58.9 Å². The van der Waals surface area contributed by atoms with E-state index < -0.39 is 0 Å². The molecule has 0 atom stereocenters. The number of isocyanates is 2. The predicted octanol–water partition coefficient (Wildman–Crippen LogP) is 2.06. The molecule has 0 N–H and O–H groups in total. The molecular formula is C14H16N2O2. The molecule has 18 heavy (non-hydrogen) atoms. The summed E-state index contributed by atoms with van der Waals surface area (Å²) in [5, 5.41) is 0. The summed E-state index contributed by atoms with van der Waals surface area (Å²) in [5.74, 6) is 0. The Kier molecular flexibility index (Phi) is 5.72. The lowest BCUT2D eigenvalue weighted by atomic mass is 9.96. The van der Waals surface area contributed by atoms with Crippen molar-refractivity contribution < 1.29 is 9.59 Å². The van der Waals surface area contributed by atoms with Crippen molar-refractivity contribution in [2.75, 3.05) is 13.1 Å². The molecule has 94 valence electrons. The van der Waals surface area contributed by atoms with E-state index in [4.69, 9.17) is 0 Å². The molecule has 4 heteroatoms. The van der Waals surface area contributed by atoms with Crippen molar-refractivity contribution in [3.63, 3.8) is 0 Å². The Morgan fingerprint density at radius 1 is 0.889 bits per heavy atom. The molecule has 0 aliphatic rings. The Bertz CT molecular complexity index is 468. The summed E-state index contributed by atoms with van der Waals surface area (Å²) >= 11 is 0. The number of hydrogen-bond donors (Lipinski definition) is 0. The molecule has 0 saturated heterocycles. The highest BCUT2D eigenvalue weighted by Gasteiger charge is 2.04. The Labute approximate surface area is 106 Å². The van der Waals surface area contributed by atoms with Crippen molar-refractivity contribution in [1.29, 1.82) is 0 Å². The van der Waals surface area contributed by atoms with Crippen LogP contribution in [-0.2, 0) is 22.4 Å². The third kappa shape index (κ3) is 4.10. The number of aliphatic imine (C=N–C) groups is 2. The molecule has 1 aromatic carbocycles. The highest BCUT2D eigenvalue weighted by atomic mass is 16.1. The average molecular weight is 244 g/mol. The van der Waals surface area contributed by atoms with Crippen LogP contribution >= 0.6 is 0 Å². The van der Waals surface area contributed by atoms with Gasteiger partial charge in [0.05, 0.1) is 13.1 Å². The average Bonchev–Trinajstić information content (AvgIpc) is 2.34. The summed E-state index contributed by atoms with van der Waals surface area (Å²) in [5.41, 5.74) is 4.72. The molecule has 0 aromatic heterocycles. The van der Waals surface area contributed by atoms with Gasteiger partial charge in [-0.2, -0.15) is 0 Å². The maximum Gasteiger partial charge on any atom is 0.234 e. The molecule has 1 rings (SSSR count). The van der Waals surface area contributed by atoms with Crippen molar-refractivity contribution in [1.82, 2.24) is 0 Å². The highest BCUT2D eigenvalue weighted by molar-refractivity contribution is 5.39. The van der Waals surface area contributed by atoms with E-state index in [1.807, 2.05) is 13.8 Å². The quantitative estimate of drug-likeness (QED) is 0.568. The Morgan fingerprint density at radius 2 is 1.33 bits per heavy atom. The third-order valence-electron chi connectivity index (χ3n) is 2.91. The van der Waals surface area contributed by atoms with E-state index in [2.05, 4.69) is 22.1 Å². The molecule has 0 saturated carbocycles. The van der Waals surface area contributed by atoms with Gasteiger partial charge in [0.1, 0.15) is 0 Å². The first-order valence-corrected chi connectivity index (χ1v) is 5.85. The van der Waals surface area contributed by atoms with E-state index in [1.54, 1.807) is 12.2 Å². The lowest BCUT2D eigenvalue weighted by Crippen LogP contribution is -2.00. The van der Waals surface area contributed by atoms with Crippen LogP contribution in [-0.4, -0.2) is 25.2 Å². The number of aryl methyl sites for hydroxylation is 2. The van der Waals surface area contributed by atoms with Crippen molar-refractivity contribution in [3.8, 4) is 0 Å². The Balaban J connectivity index is 2.86. The second-order valence-corrected chi connectivity index (χ2v) is 4.15. The minimum absolute atomic E-state index is 0.458. The molecule has 1 aromatic rings. The number of nitrogens with zero attached hydrogens (tertiary/aromatic N) is 2. The number of carbonyl (C=O) groups excluding carboxylic acids is 2. The van der Waals surface area contributed by atoms with Gasteiger partial charge < -0.3 is 0 Å². The van der Waals surface area contributed by atoms with E-state index in [1.165, 1.54) is 22.3 Å². The van der Waals surface area contributed by atoms with Gasteiger partial charge in [-0.15, -0.1) is 0 Å². The standard InChI is InChI=1S/C14H16N2O2/c1-11-7-12(2)14(4-6-16-10-18)8-13(11)3-5-15-9-17/h7-8H,3-6H2,1-2H3. The number of hydrogen-bond acceptors (Lipinski definition) is 4. The van der Waals surface area contributed by atoms with Crippen molar-refractivity contribution in [2.45, 2.75) is 26.7 Å². The van der Waals surface area contributed by atoms with E-state index in [0.29, 0.717) is 13.1 Å². The van der Waals surface area contributed by atoms with Gasteiger partial charge in [0.15, 0.2) is 0 Å². The normalized spacial score (nSPS) is 9.44. The van der Waals surface area contributed by atoms with E-state index >= 15 is 0 Å². The van der Waals surface area contributed by atoms with Gasteiger partial charge >= 0.3 is 0 Å². The van der Waals surface area contributed by atoms with Crippen molar-refractivity contribution in [2.24, 2.45) is 9.98 Å². The lowest BCUT2D eigenvalue weighted by molar-refractivity contribution is 0.562. The van der Waals surface area contributed by atoms with E-state index in [0.717, 1.165) is 12.8 Å². The summed E-state index contributed by atoms with van der Waals surface area (Å²) in [6, 6.07) is 4.21. The summed E-state index contributed by atoms with van der Waals surface area (Å²) < 4.78 is 0. The molecule has 0 amide bonds. The fourth-order valence-electron chi connectivity index (χ4n) is 1.93. The second kappa shape index (κ2) is 7.33.